The molecule has 1 heterocycles. The molecule has 0 unspecified atom stereocenters. The average Bonchev–Trinajstić information content (AvgIpc) is 2.68. The molecule has 4 N–H and O–H groups in total. The number of nitrogens with one attached hydrogen (secondary N) is 2. The van der Waals surface area contributed by atoms with Crippen molar-refractivity contribution in [3.05, 3.63) is 4.88 Å². The molecule has 0 atom stereocenters. The minimum absolute atomic E-state index is 0.0968. The van der Waals surface area contributed by atoms with Crippen molar-refractivity contribution in [1.29, 1.82) is 0 Å². The number of hydrogen-bond donors (Lipinski definition) is 3. The van der Waals surface area contributed by atoms with E-state index < -0.39 is 0 Å². The zero-order chi connectivity index (χ0) is 13.8. The van der Waals surface area contributed by atoms with Crippen molar-refractivity contribution in [1.82, 2.24) is 10.3 Å². The number of aromatic nitrogens is 1. The summed E-state index contributed by atoms with van der Waals surface area (Å²) in [5, 5.41) is 6.65. The van der Waals surface area contributed by atoms with Gasteiger partial charge in [0.1, 0.15) is 10.7 Å². The second-order valence-corrected chi connectivity index (χ2v) is 5.96. The zero-order valence-electron chi connectivity index (χ0n) is 11.5. The van der Waals surface area contributed by atoms with E-state index in [1.165, 1.54) is 11.3 Å². The predicted molar refractivity (Wildman–Crippen MR) is 77.1 cm³/mol. The summed E-state index contributed by atoms with van der Waals surface area (Å²) in [6.07, 6.45) is 1.01. The van der Waals surface area contributed by atoms with Gasteiger partial charge in [0.05, 0.1) is 0 Å². The smallest absolute Gasteiger partial charge is 0.265 e. The first-order chi connectivity index (χ1) is 8.39. The molecule has 0 fully saturated rings. The Labute approximate surface area is 112 Å². The van der Waals surface area contributed by atoms with Crippen LogP contribution in [0.4, 0.5) is 10.9 Å². The van der Waals surface area contributed by atoms with Crippen LogP contribution in [-0.4, -0.2) is 24.0 Å². The predicted octanol–water partition coefficient (Wildman–Crippen LogP) is 2.32. The van der Waals surface area contributed by atoms with Crippen molar-refractivity contribution in [2.75, 3.05) is 24.1 Å². The minimum atomic E-state index is -0.143. The molecule has 0 aliphatic rings. The Balaban J connectivity index is 2.67. The lowest BCUT2D eigenvalue weighted by Crippen LogP contribution is -2.33. The molecule has 0 aromatic carbocycles. The number of amides is 1. The summed E-state index contributed by atoms with van der Waals surface area (Å²) >= 11 is 1.29. The topological polar surface area (TPSA) is 80.0 Å². The van der Waals surface area contributed by atoms with Crippen molar-refractivity contribution in [3.8, 4) is 0 Å². The molecule has 0 bridgehead atoms. The van der Waals surface area contributed by atoms with E-state index in [0.717, 1.165) is 13.0 Å². The van der Waals surface area contributed by atoms with E-state index in [1.54, 1.807) is 0 Å². The molecule has 0 radical (unpaired) electrons. The summed E-state index contributed by atoms with van der Waals surface area (Å²) in [5.41, 5.74) is 5.84. The van der Waals surface area contributed by atoms with Crippen LogP contribution >= 0.6 is 11.3 Å². The number of carbonyl (C=O) groups is 1. The van der Waals surface area contributed by atoms with Gasteiger partial charge in [-0.25, -0.2) is 4.98 Å². The number of nitrogen functional groups attached to an aromatic ring is 1. The van der Waals surface area contributed by atoms with Gasteiger partial charge in [0.25, 0.3) is 5.91 Å². The van der Waals surface area contributed by atoms with Gasteiger partial charge in [-0.05, 0) is 18.8 Å². The van der Waals surface area contributed by atoms with Crippen molar-refractivity contribution in [2.45, 2.75) is 34.1 Å². The number of anilines is 2. The van der Waals surface area contributed by atoms with Gasteiger partial charge in [0.15, 0.2) is 5.13 Å². The molecule has 1 aromatic heterocycles. The molecular weight excluding hydrogens is 248 g/mol. The first kappa shape index (κ1) is 14.8. The zero-order valence-corrected chi connectivity index (χ0v) is 12.3. The second kappa shape index (κ2) is 6.04. The van der Waals surface area contributed by atoms with Gasteiger partial charge in [-0.15, -0.1) is 0 Å². The maximum atomic E-state index is 12.0. The van der Waals surface area contributed by atoms with Gasteiger partial charge in [-0.3, -0.25) is 4.79 Å². The number of nitrogens with two attached hydrogens (primary N) is 1. The van der Waals surface area contributed by atoms with Crippen LogP contribution in [0.5, 0.6) is 0 Å². The molecule has 5 nitrogen and oxygen atoms in total. The lowest BCUT2D eigenvalue weighted by molar-refractivity contribution is 0.0940. The normalized spacial score (nSPS) is 11.3. The van der Waals surface area contributed by atoms with E-state index in [1.807, 2.05) is 6.92 Å². The van der Waals surface area contributed by atoms with Crippen LogP contribution in [0.3, 0.4) is 0 Å². The van der Waals surface area contributed by atoms with E-state index in [9.17, 15) is 4.79 Å². The molecule has 0 aliphatic carbocycles. The van der Waals surface area contributed by atoms with Crippen molar-refractivity contribution >= 4 is 28.2 Å². The molecule has 102 valence electrons. The van der Waals surface area contributed by atoms with Gasteiger partial charge in [0.2, 0.25) is 0 Å². The van der Waals surface area contributed by atoms with Gasteiger partial charge in [-0.1, -0.05) is 32.1 Å². The lowest BCUT2D eigenvalue weighted by Gasteiger charge is -2.22. The van der Waals surface area contributed by atoms with Crippen molar-refractivity contribution in [3.63, 3.8) is 0 Å². The maximum absolute atomic E-state index is 12.0. The number of carbonyl (C=O) groups excluding carboxylic acids is 1. The molecule has 0 saturated carbocycles. The number of rotatable bonds is 6. The molecule has 0 saturated heterocycles. The largest absolute Gasteiger partial charge is 0.382 e. The number of nitrogens with zero attached hydrogens (tertiary/aromatic N) is 1. The number of thiazole rings is 1. The van der Waals surface area contributed by atoms with Gasteiger partial charge >= 0.3 is 0 Å². The van der Waals surface area contributed by atoms with Gasteiger partial charge in [0, 0.05) is 13.1 Å². The molecule has 1 rings (SSSR count). The Bertz CT molecular complexity index is 414. The highest BCUT2D eigenvalue weighted by molar-refractivity contribution is 7.18. The third-order valence-corrected chi connectivity index (χ3v) is 3.90. The lowest BCUT2D eigenvalue weighted by atomic mass is 9.90. The Morgan fingerprint density at radius 2 is 2.11 bits per heavy atom. The summed E-state index contributed by atoms with van der Waals surface area (Å²) in [6, 6.07) is 0. The summed E-state index contributed by atoms with van der Waals surface area (Å²) < 4.78 is 0. The fourth-order valence-electron chi connectivity index (χ4n) is 1.25. The van der Waals surface area contributed by atoms with Crippen molar-refractivity contribution < 1.29 is 4.79 Å². The maximum Gasteiger partial charge on any atom is 0.265 e. The second-order valence-electron chi connectivity index (χ2n) is 4.96. The van der Waals surface area contributed by atoms with Crippen LogP contribution in [0, 0.1) is 5.41 Å². The summed E-state index contributed by atoms with van der Waals surface area (Å²) in [4.78, 5) is 16.6. The van der Waals surface area contributed by atoms with Crippen LogP contribution in [0.1, 0.15) is 43.8 Å². The van der Waals surface area contributed by atoms with Crippen LogP contribution < -0.4 is 16.4 Å². The SMILES string of the molecule is CCNc1nc(N)c(C(=O)NCC(C)(C)CC)s1. The summed E-state index contributed by atoms with van der Waals surface area (Å²) in [7, 11) is 0. The van der Waals surface area contributed by atoms with Crippen LogP contribution in [0.25, 0.3) is 0 Å². The Kier molecular flexibility index (Phi) is 4.95. The van der Waals surface area contributed by atoms with E-state index in [2.05, 4.69) is 36.4 Å². The first-order valence-electron chi connectivity index (χ1n) is 6.18. The summed E-state index contributed by atoms with van der Waals surface area (Å²) in [5.74, 6) is 0.151. The Hall–Kier alpha value is -1.30. The minimum Gasteiger partial charge on any atom is -0.382 e. The highest BCUT2D eigenvalue weighted by atomic mass is 32.1. The van der Waals surface area contributed by atoms with Crippen molar-refractivity contribution in [2.24, 2.45) is 5.41 Å². The molecule has 0 spiro atoms. The molecule has 18 heavy (non-hydrogen) atoms. The summed E-state index contributed by atoms with van der Waals surface area (Å²) in [6.45, 7) is 9.71. The Morgan fingerprint density at radius 1 is 1.44 bits per heavy atom. The quantitative estimate of drug-likeness (QED) is 0.741. The molecular formula is C12H22N4OS. The standard InChI is InChI=1S/C12H22N4OS/c1-5-12(3,4)7-15-10(17)8-9(13)16-11(18-8)14-6-2/h5-7,13H2,1-4H3,(H,14,16)(H,15,17). The molecule has 1 aromatic rings. The highest BCUT2D eigenvalue weighted by Crippen LogP contribution is 2.25. The molecule has 0 aliphatic heterocycles. The van der Waals surface area contributed by atoms with Gasteiger partial charge < -0.3 is 16.4 Å². The van der Waals surface area contributed by atoms with Crippen LogP contribution in [0.2, 0.25) is 0 Å². The number of hydrogen-bond acceptors (Lipinski definition) is 5. The van der Waals surface area contributed by atoms with E-state index >= 15 is 0 Å². The molecule has 6 heteroatoms. The van der Waals surface area contributed by atoms with E-state index in [4.69, 9.17) is 5.73 Å². The monoisotopic (exact) mass is 270 g/mol. The Morgan fingerprint density at radius 3 is 2.67 bits per heavy atom. The van der Waals surface area contributed by atoms with E-state index in [0.29, 0.717) is 22.4 Å². The van der Waals surface area contributed by atoms with Crippen LogP contribution in [-0.2, 0) is 0 Å². The highest BCUT2D eigenvalue weighted by Gasteiger charge is 2.20. The average molecular weight is 270 g/mol. The fraction of sp³-hybridized carbons (Fsp3) is 0.667. The van der Waals surface area contributed by atoms with Crippen LogP contribution in [0.15, 0.2) is 0 Å². The van der Waals surface area contributed by atoms with E-state index in [-0.39, 0.29) is 11.3 Å². The third kappa shape index (κ3) is 3.87. The molecule has 1 amide bonds. The third-order valence-electron chi connectivity index (χ3n) is 2.87. The van der Waals surface area contributed by atoms with Gasteiger partial charge in [-0.2, -0.15) is 0 Å². The fourth-order valence-corrected chi connectivity index (χ4v) is 2.12. The first-order valence-corrected chi connectivity index (χ1v) is 6.99.